The molecule has 0 aliphatic heterocycles. The van der Waals surface area contributed by atoms with Crippen molar-refractivity contribution >= 4 is 23.9 Å². The molecule has 0 radical (unpaired) electrons. The fraction of sp³-hybridized carbons (Fsp3) is 0.111. The van der Waals surface area contributed by atoms with Gasteiger partial charge in [0, 0.05) is 11.1 Å². The van der Waals surface area contributed by atoms with Gasteiger partial charge in [0.2, 0.25) is 0 Å². The van der Waals surface area contributed by atoms with Gasteiger partial charge >= 0.3 is 23.9 Å². The topological polar surface area (TPSA) is 168 Å². The lowest BCUT2D eigenvalue weighted by atomic mass is 9.94. The molecular formula is C18H14O10. The van der Waals surface area contributed by atoms with Crippen molar-refractivity contribution in [3.8, 4) is 22.6 Å². The van der Waals surface area contributed by atoms with Crippen LogP contribution in [0, 0.1) is 0 Å². The number of carbonyl (C=O) groups is 4. The summed E-state index contributed by atoms with van der Waals surface area (Å²) < 4.78 is 10.3. The zero-order valence-electron chi connectivity index (χ0n) is 14.5. The highest BCUT2D eigenvalue weighted by Crippen LogP contribution is 2.40. The van der Waals surface area contributed by atoms with E-state index in [9.17, 15) is 39.6 Å². The third-order valence-electron chi connectivity index (χ3n) is 3.89. The number of hydrogen-bond acceptors (Lipinski definition) is 6. The Morgan fingerprint density at radius 2 is 0.821 bits per heavy atom. The molecular weight excluding hydrogens is 376 g/mol. The molecule has 0 spiro atoms. The van der Waals surface area contributed by atoms with Gasteiger partial charge in [-0.25, -0.2) is 19.2 Å². The maximum Gasteiger partial charge on any atom is 0.336 e. The first-order chi connectivity index (χ1) is 13.1. The molecule has 2 aromatic rings. The molecule has 10 nitrogen and oxygen atoms in total. The predicted octanol–water partition coefficient (Wildman–Crippen LogP) is 2.16. The quantitative estimate of drug-likeness (QED) is 0.550. The Bertz CT molecular complexity index is 924. The maximum atomic E-state index is 11.5. The molecule has 0 bridgehead atoms. The highest BCUT2D eigenvalue weighted by atomic mass is 16.5. The second-order valence-electron chi connectivity index (χ2n) is 5.42. The summed E-state index contributed by atoms with van der Waals surface area (Å²) in [4.78, 5) is 45.6. The van der Waals surface area contributed by atoms with E-state index >= 15 is 0 Å². The van der Waals surface area contributed by atoms with E-state index in [2.05, 4.69) is 0 Å². The van der Waals surface area contributed by atoms with Crippen LogP contribution in [0.4, 0.5) is 0 Å². The summed E-state index contributed by atoms with van der Waals surface area (Å²) in [7, 11) is 2.42. The van der Waals surface area contributed by atoms with Crippen molar-refractivity contribution in [3.63, 3.8) is 0 Å². The number of ether oxygens (including phenoxy) is 2. The van der Waals surface area contributed by atoms with Gasteiger partial charge < -0.3 is 29.9 Å². The van der Waals surface area contributed by atoms with E-state index in [1.165, 1.54) is 14.2 Å². The number of rotatable bonds is 7. The van der Waals surface area contributed by atoms with Crippen LogP contribution in [0.3, 0.4) is 0 Å². The second-order valence-corrected chi connectivity index (χ2v) is 5.42. The molecule has 0 saturated heterocycles. The van der Waals surface area contributed by atoms with Crippen molar-refractivity contribution < 1.29 is 49.1 Å². The lowest BCUT2D eigenvalue weighted by molar-refractivity contribution is 0.0651. The Morgan fingerprint density at radius 1 is 0.571 bits per heavy atom. The summed E-state index contributed by atoms with van der Waals surface area (Å²) in [5.74, 6) is -6.19. The standard InChI is InChI=1S/C18H14O10/c1-27-13-5-11(17(23)24)9(15(19)20)3-7(13)8-4-10(16(21)22)12(18(25)26)6-14(8)28-2/h3-6H,1-2H3,(H,19,20)(H,21,22)(H,23,24)(H,25,26). The number of methoxy groups -OCH3 is 2. The normalized spacial score (nSPS) is 10.2. The Labute approximate surface area is 157 Å². The van der Waals surface area contributed by atoms with Crippen molar-refractivity contribution in [2.75, 3.05) is 14.2 Å². The first-order valence-electron chi connectivity index (χ1n) is 7.50. The van der Waals surface area contributed by atoms with E-state index in [0.717, 1.165) is 24.3 Å². The highest BCUT2D eigenvalue weighted by molar-refractivity contribution is 6.06. The monoisotopic (exact) mass is 390 g/mol. The lowest BCUT2D eigenvalue weighted by Crippen LogP contribution is -2.11. The van der Waals surface area contributed by atoms with Crippen molar-refractivity contribution in [1.82, 2.24) is 0 Å². The average molecular weight is 390 g/mol. The molecule has 10 heteroatoms. The van der Waals surface area contributed by atoms with Gasteiger partial charge in [0.05, 0.1) is 36.5 Å². The zero-order chi connectivity index (χ0) is 21.2. The van der Waals surface area contributed by atoms with Crippen LogP contribution in [0.15, 0.2) is 24.3 Å². The van der Waals surface area contributed by atoms with Crippen LogP contribution in [-0.4, -0.2) is 58.5 Å². The fourth-order valence-electron chi connectivity index (χ4n) is 2.63. The molecule has 4 N–H and O–H groups in total. The van der Waals surface area contributed by atoms with Gasteiger partial charge in [-0.2, -0.15) is 0 Å². The highest BCUT2D eigenvalue weighted by Gasteiger charge is 2.25. The lowest BCUT2D eigenvalue weighted by Gasteiger charge is -2.16. The number of hydrogen-bond donors (Lipinski definition) is 4. The molecule has 0 heterocycles. The molecule has 0 fully saturated rings. The smallest absolute Gasteiger partial charge is 0.336 e. The second kappa shape index (κ2) is 7.66. The first kappa shape index (κ1) is 20.2. The molecule has 146 valence electrons. The van der Waals surface area contributed by atoms with Crippen molar-refractivity contribution in [3.05, 3.63) is 46.5 Å². The van der Waals surface area contributed by atoms with Gasteiger partial charge in [0.15, 0.2) is 0 Å². The molecule has 0 saturated carbocycles. The van der Waals surface area contributed by atoms with E-state index in [-0.39, 0.29) is 22.6 Å². The molecule has 0 aliphatic carbocycles. The number of benzene rings is 2. The van der Waals surface area contributed by atoms with Crippen LogP contribution >= 0.6 is 0 Å². The van der Waals surface area contributed by atoms with Crippen LogP contribution in [0.25, 0.3) is 11.1 Å². The van der Waals surface area contributed by atoms with Crippen LogP contribution in [0.5, 0.6) is 11.5 Å². The van der Waals surface area contributed by atoms with E-state index in [1.54, 1.807) is 0 Å². The first-order valence-corrected chi connectivity index (χ1v) is 7.50. The largest absolute Gasteiger partial charge is 0.496 e. The number of carboxylic acid groups (broad SMARTS) is 4. The van der Waals surface area contributed by atoms with Crippen LogP contribution < -0.4 is 9.47 Å². The summed E-state index contributed by atoms with van der Waals surface area (Å²) in [5.41, 5.74) is -2.17. The molecule has 28 heavy (non-hydrogen) atoms. The van der Waals surface area contributed by atoms with Gasteiger partial charge in [0.25, 0.3) is 0 Å². The summed E-state index contributed by atoms with van der Waals surface area (Å²) >= 11 is 0. The van der Waals surface area contributed by atoms with Crippen LogP contribution in [-0.2, 0) is 0 Å². The molecule has 2 aromatic carbocycles. The van der Waals surface area contributed by atoms with Crippen molar-refractivity contribution in [2.24, 2.45) is 0 Å². The van der Waals surface area contributed by atoms with E-state index in [1.807, 2.05) is 0 Å². The summed E-state index contributed by atoms with van der Waals surface area (Å²) in [6.45, 7) is 0. The Hall–Kier alpha value is -4.08. The van der Waals surface area contributed by atoms with E-state index < -0.39 is 46.1 Å². The van der Waals surface area contributed by atoms with Gasteiger partial charge in [-0.15, -0.1) is 0 Å². The van der Waals surface area contributed by atoms with E-state index in [0.29, 0.717) is 0 Å². The van der Waals surface area contributed by atoms with Crippen LogP contribution in [0.2, 0.25) is 0 Å². The summed E-state index contributed by atoms with van der Waals surface area (Å²) in [5, 5.41) is 37.1. The SMILES string of the molecule is COc1cc(C(=O)O)c(C(=O)O)cc1-c1cc(C(=O)O)c(C(=O)O)cc1OC. The average Bonchev–Trinajstić information content (AvgIpc) is 2.65. The van der Waals surface area contributed by atoms with Crippen LogP contribution in [0.1, 0.15) is 41.4 Å². The number of aromatic carboxylic acids is 4. The minimum Gasteiger partial charge on any atom is -0.496 e. The number of carboxylic acids is 4. The summed E-state index contributed by atoms with van der Waals surface area (Å²) in [6, 6.07) is 3.95. The Morgan fingerprint density at radius 3 is 1.04 bits per heavy atom. The molecule has 0 aliphatic rings. The molecule has 0 atom stereocenters. The van der Waals surface area contributed by atoms with Crippen molar-refractivity contribution in [2.45, 2.75) is 0 Å². The Balaban J connectivity index is 2.93. The van der Waals surface area contributed by atoms with Gasteiger partial charge in [0.1, 0.15) is 11.5 Å². The minimum absolute atomic E-state index is 0.0150. The third kappa shape index (κ3) is 3.56. The van der Waals surface area contributed by atoms with Gasteiger partial charge in [-0.05, 0) is 24.3 Å². The maximum absolute atomic E-state index is 11.5. The fourth-order valence-corrected chi connectivity index (χ4v) is 2.63. The molecule has 0 unspecified atom stereocenters. The van der Waals surface area contributed by atoms with E-state index in [4.69, 9.17) is 9.47 Å². The minimum atomic E-state index is -1.53. The van der Waals surface area contributed by atoms with Crippen molar-refractivity contribution in [1.29, 1.82) is 0 Å². The molecule has 0 aromatic heterocycles. The molecule has 0 amide bonds. The molecule has 2 rings (SSSR count). The van der Waals surface area contributed by atoms with Gasteiger partial charge in [-0.3, -0.25) is 0 Å². The van der Waals surface area contributed by atoms with Gasteiger partial charge in [-0.1, -0.05) is 0 Å². The third-order valence-corrected chi connectivity index (χ3v) is 3.89. The zero-order valence-corrected chi connectivity index (χ0v) is 14.5. The Kier molecular flexibility index (Phi) is 5.53. The summed E-state index contributed by atoms with van der Waals surface area (Å²) in [6.07, 6.45) is 0. The predicted molar refractivity (Wildman–Crippen MR) is 92.8 cm³/mol.